The lowest BCUT2D eigenvalue weighted by Gasteiger charge is -2.21. The standard InChI is InChI=1S/C15H17NO5S/c17-13(16-9-4-7-12(16)14(18)19)8-10-22-15(20)21-11-5-2-1-3-6-11/h1-3,5-6,12H,4,7-10H2,(H,18,19)/t12-/m0/s1. The highest BCUT2D eigenvalue weighted by atomic mass is 32.2. The van der Waals surface area contributed by atoms with E-state index in [1.54, 1.807) is 24.3 Å². The smallest absolute Gasteiger partial charge is 0.372 e. The molecule has 2 rings (SSSR count). The third-order valence-corrected chi connectivity index (χ3v) is 4.07. The van der Waals surface area contributed by atoms with Crippen LogP contribution in [0.15, 0.2) is 30.3 Å². The molecular weight excluding hydrogens is 306 g/mol. The van der Waals surface area contributed by atoms with E-state index in [-0.39, 0.29) is 18.1 Å². The number of hydrogen-bond donors (Lipinski definition) is 1. The van der Waals surface area contributed by atoms with Crippen LogP contribution < -0.4 is 4.74 Å². The summed E-state index contributed by atoms with van der Waals surface area (Å²) in [6, 6.07) is 7.95. The first-order valence-corrected chi connectivity index (χ1v) is 7.98. The molecule has 1 saturated heterocycles. The molecule has 0 aliphatic carbocycles. The Morgan fingerprint density at radius 1 is 1.27 bits per heavy atom. The molecule has 118 valence electrons. The first kappa shape index (κ1) is 16.4. The highest BCUT2D eigenvalue weighted by molar-refractivity contribution is 8.13. The third kappa shape index (κ3) is 4.49. The van der Waals surface area contributed by atoms with E-state index in [1.807, 2.05) is 6.07 Å². The minimum Gasteiger partial charge on any atom is -0.480 e. The number of aliphatic carboxylic acids is 1. The summed E-state index contributed by atoms with van der Waals surface area (Å²) < 4.78 is 5.09. The topological polar surface area (TPSA) is 83.9 Å². The SMILES string of the molecule is O=C(Oc1ccccc1)SCCC(=O)N1CCC[C@H]1C(=O)O. The Kier molecular flexibility index (Phi) is 5.83. The number of ether oxygens (including phenoxy) is 1. The van der Waals surface area contributed by atoms with E-state index in [2.05, 4.69) is 0 Å². The van der Waals surface area contributed by atoms with Gasteiger partial charge in [-0.25, -0.2) is 9.59 Å². The average molecular weight is 323 g/mol. The Morgan fingerprint density at radius 2 is 2.00 bits per heavy atom. The zero-order valence-electron chi connectivity index (χ0n) is 11.9. The van der Waals surface area contributed by atoms with Gasteiger partial charge in [0.15, 0.2) is 0 Å². The van der Waals surface area contributed by atoms with Crippen LogP contribution in [-0.2, 0) is 9.59 Å². The number of carbonyl (C=O) groups is 3. The van der Waals surface area contributed by atoms with Gasteiger partial charge < -0.3 is 14.7 Å². The van der Waals surface area contributed by atoms with Crippen molar-refractivity contribution in [2.45, 2.75) is 25.3 Å². The van der Waals surface area contributed by atoms with Gasteiger partial charge in [-0.3, -0.25) is 4.79 Å². The van der Waals surface area contributed by atoms with Crippen LogP contribution in [0.2, 0.25) is 0 Å². The molecule has 0 radical (unpaired) electrons. The molecule has 0 spiro atoms. The van der Waals surface area contributed by atoms with Crippen LogP contribution in [0.4, 0.5) is 4.79 Å². The summed E-state index contributed by atoms with van der Waals surface area (Å²) in [6.45, 7) is 0.467. The van der Waals surface area contributed by atoms with Gasteiger partial charge in [0.2, 0.25) is 5.91 Å². The quantitative estimate of drug-likeness (QED) is 0.838. The second kappa shape index (κ2) is 7.84. The summed E-state index contributed by atoms with van der Waals surface area (Å²) in [7, 11) is 0. The normalized spacial score (nSPS) is 17.3. The van der Waals surface area contributed by atoms with Crippen molar-refractivity contribution in [1.82, 2.24) is 4.90 Å². The van der Waals surface area contributed by atoms with Gasteiger partial charge >= 0.3 is 11.3 Å². The number of hydrogen-bond acceptors (Lipinski definition) is 5. The first-order chi connectivity index (χ1) is 10.6. The van der Waals surface area contributed by atoms with Crippen molar-refractivity contribution in [2.75, 3.05) is 12.3 Å². The minimum atomic E-state index is -0.970. The van der Waals surface area contributed by atoms with Crippen LogP contribution in [-0.4, -0.2) is 45.5 Å². The molecule has 1 atom stereocenters. The van der Waals surface area contributed by atoms with Crippen LogP contribution in [0, 0.1) is 0 Å². The molecule has 1 heterocycles. The van der Waals surface area contributed by atoms with E-state index in [0.29, 0.717) is 25.1 Å². The predicted molar refractivity (Wildman–Crippen MR) is 81.9 cm³/mol. The molecule has 1 aliphatic heterocycles. The molecule has 6 nitrogen and oxygen atoms in total. The molecule has 1 aromatic carbocycles. The van der Waals surface area contributed by atoms with Crippen molar-refractivity contribution >= 4 is 28.9 Å². The lowest BCUT2D eigenvalue weighted by Crippen LogP contribution is -2.40. The molecule has 1 fully saturated rings. The maximum absolute atomic E-state index is 12.0. The Morgan fingerprint density at radius 3 is 2.68 bits per heavy atom. The van der Waals surface area contributed by atoms with Crippen molar-refractivity contribution in [3.8, 4) is 5.75 Å². The number of nitrogens with zero attached hydrogens (tertiary/aromatic N) is 1. The number of carboxylic acids is 1. The fraction of sp³-hybridized carbons (Fsp3) is 0.400. The summed E-state index contributed by atoms with van der Waals surface area (Å²) in [5.41, 5.74) is 0. The van der Waals surface area contributed by atoms with Gasteiger partial charge in [-0.1, -0.05) is 18.2 Å². The molecule has 7 heteroatoms. The minimum absolute atomic E-state index is 0.123. The maximum Gasteiger partial charge on any atom is 0.372 e. The molecule has 0 saturated carbocycles. The molecule has 1 N–H and O–H groups in total. The zero-order chi connectivity index (χ0) is 15.9. The number of likely N-dealkylation sites (tertiary alicyclic amines) is 1. The van der Waals surface area contributed by atoms with Crippen LogP contribution in [0.3, 0.4) is 0 Å². The number of para-hydroxylation sites is 1. The molecule has 1 aromatic rings. The van der Waals surface area contributed by atoms with Crippen molar-refractivity contribution in [2.24, 2.45) is 0 Å². The summed E-state index contributed by atoms with van der Waals surface area (Å²) >= 11 is 0.912. The van der Waals surface area contributed by atoms with E-state index in [0.717, 1.165) is 11.8 Å². The van der Waals surface area contributed by atoms with Crippen LogP contribution in [0.1, 0.15) is 19.3 Å². The number of thioether (sulfide) groups is 1. The molecule has 0 aromatic heterocycles. The van der Waals surface area contributed by atoms with Gasteiger partial charge in [0.05, 0.1) is 0 Å². The molecule has 1 aliphatic rings. The van der Waals surface area contributed by atoms with E-state index in [4.69, 9.17) is 9.84 Å². The Labute approximate surface area is 132 Å². The summed E-state index contributed by atoms with van der Waals surface area (Å²) in [5.74, 6) is -0.475. The number of carbonyl (C=O) groups excluding carboxylic acids is 2. The molecule has 1 amide bonds. The van der Waals surface area contributed by atoms with E-state index in [1.165, 1.54) is 4.90 Å². The van der Waals surface area contributed by atoms with Crippen LogP contribution in [0.25, 0.3) is 0 Å². The number of carboxylic acid groups (broad SMARTS) is 1. The lowest BCUT2D eigenvalue weighted by molar-refractivity contribution is -0.148. The Bertz CT molecular complexity index is 548. The Hall–Kier alpha value is -2.02. The van der Waals surface area contributed by atoms with Gasteiger partial charge in [-0.15, -0.1) is 0 Å². The van der Waals surface area contributed by atoms with Crippen LogP contribution >= 0.6 is 11.8 Å². The fourth-order valence-electron chi connectivity index (χ4n) is 2.30. The summed E-state index contributed by atoms with van der Waals surface area (Å²) in [5, 5.41) is 8.56. The van der Waals surface area contributed by atoms with Gasteiger partial charge in [-0.2, -0.15) is 0 Å². The van der Waals surface area contributed by atoms with Crippen molar-refractivity contribution in [3.05, 3.63) is 30.3 Å². The predicted octanol–water partition coefficient (Wildman–Crippen LogP) is 2.38. The van der Waals surface area contributed by atoms with Gasteiger partial charge in [0.1, 0.15) is 11.8 Å². The zero-order valence-corrected chi connectivity index (χ0v) is 12.8. The largest absolute Gasteiger partial charge is 0.480 e. The maximum atomic E-state index is 12.0. The summed E-state index contributed by atoms with van der Waals surface area (Å²) in [6.07, 6.45) is 1.31. The second-order valence-corrected chi connectivity index (χ2v) is 5.88. The number of benzene rings is 1. The van der Waals surface area contributed by atoms with Crippen molar-refractivity contribution in [1.29, 1.82) is 0 Å². The fourth-order valence-corrected chi connectivity index (χ4v) is 2.90. The third-order valence-electron chi connectivity index (χ3n) is 3.34. The number of amides is 1. The molecule has 22 heavy (non-hydrogen) atoms. The van der Waals surface area contributed by atoms with Gasteiger partial charge in [0.25, 0.3) is 0 Å². The first-order valence-electron chi connectivity index (χ1n) is 7.00. The van der Waals surface area contributed by atoms with Gasteiger partial charge in [-0.05, 0) is 36.7 Å². The van der Waals surface area contributed by atoms with Crippen LogP contribution in [0.5, 0.6) is 5.75 Å². The van der Waals surface area contributed by atoms with E-state index in [9.17, 15) is 14.4 Å². The van der Waals surface area contributed by atoms with E-state index >= 15 is 0 Å². The molecular formula is C15H17NO5S. The lowest BCUT2D eigenvalue weighted by atomic mass is 10.2. The highest BCUT2D eigenvalue weighted by Crippen LogP contribution is 2.20. The number of rotatable bonds is 5. The Balaban J connectivity index is 1.73. The van der Waals surface area contributed by atoms with Gasteiger partial charge in [0, 0.05) is 18.7 Å². The summed E-state index contributed by atoms with van der Waals surface area (Å²) in [4.78, 5) is 36.0. The second-order valence-electron chi connectivity index (χ2n) is 4.85. The monoisotopic (exact) mass is 323 g/mol. The highest BCUT2D eigenvalue weighted by Gasteiger charge is 2.33. The van der Waals surface area contributed by atoms with Crippen molar-refractivity contribution in [3.63, 3.8) is 0 Å². The molecule has 0 bridgehead atoms. The molecule has 0 unspecified atom stereocenters. The van der Waals surface area contributed by atoms with E-state index < -0.39 is 17.3 Å². The average Bonchev–Trinajstić information content (AvgIpc) is 2.98. The van der Waals surface area contributed by atoms with Crippen molar-refractivity contribution < 1.29 is 24.2 Å².